The van der Waals surface area contributed by atoms with Crippen molar-refractivity contribution in [2.24, 2.45) is 11.8 Å². The van der Waals surface area contributed by atoms with Gasteiger partial charge in [0.25, 0.3) is 0 Å². The fraction of sp³-hybridized carbons (Fsp3) is 0.800. The first-order chi connectivity index (χ1) is 11.1. The van der Waals surface area contributed by atoms with Crippen molar-refractivity contribution >= 4 is 5.69 Å². The van der Waals surface area contributed by atoms with Gasteiger partial charge in [-0.25, -0.2) is 0 Å². The molecule has 1 saturated carbocycles. The lowest BCUT2D eigenvalue weighted by Crippen LogP contribution is -2.40. The molecule has 3 rings (SSSR count). The number of hydrogen-bond donors (Lipinski definition) is 1. The van der Waals surface area contributed by atoms with Crippen molar-refractivity contribution in [1.29, 1.82) is 0 Å². The number of β-amino-alcohol motifs (C(OH)–C–C–N with tert-alkyl or cyclic N) is 1. The van der Waals surface area contributed by atoms with E-state index in [1.54, 1.807) is 0 Å². The Balaban J connectivity index is 1.51. The number of ether oxygens (including phenoxy) is 1. The van der Waals surface area contributed by atoms with E-state index in [2.05, 4.69) is 10.00 Å². The summed E-state index contributed by atoms with van der Waals surface area (Å²) in [6, 6.07) is 0. The van der Waals surface area contributed by atoms with E-state index >= 15 is 0 Å². The maximum Gasteiger partial charge on any atom is 0.306 e. The SMILES string of the molecule is O=[N+]([O-])c1cnn(CC(O)CN2CCOCC(C3CCC3)C2)c1. The van der Waals surface area contributed by atoms with Crippen molar-refractivity contribution in [1.82, 2.24) is 14.7 Å². The Kier molecular flexibility index (Phi) is 5.24. The Morgan fingerprint density at radius 3 is 2.91 bits per heavy atom. The Bertz CT molecular complexity index is 531. The van der Waals surface area contributed by atoms with Crippen molar-refractivity contribution in [2.45, 2.75) is 31.9 Å². The predicted molar refractivity (Wildman–Crippen MR) is 83.0 cm³/mol. The molecule has 23 heavy (non-hydrogen) atoms. The van der Waals surface area contributed by atoms with Crippen LogP contribution in [0.25, 0.3) is 0 Å². The standard InChI is InChI=1S/C15H24N4O4/c20-15(10-18-8-14(6-16-18)19(21)22)9-17-4-5-23-11-13(7-17)12-2-1-3-12/h6,8,12-13,15,20H,1-5,7,9-11H2. The van der Waals surface area contributed by atoms with E-state index in [0.29, 0.717) is 19.1 Å². The highest BCUT2D eigenvalue weighted by atomic mass is 16.6. The van der Waals surface area contributed by atoms with E-state index in [1.807, 2.05) is 0 Å². The number of nitrogens with zero attached hydrogens (tertiary/aromatic N) is 4. The summed E-state index contributed by atoms with van der Waals surface area (Å²) in [5.41, 5.74) is -0.0505. The van der Waals surface area contributed by atoms with E-state index in [1.165, 1.54) is 36.3 Å². The van der Waals surface area contributed by atoms with Crippen LogP contribution in [0.1, 0.15) is 19.3 Å². The summed E-state index contributed by atoms with van der Waals surface area (Å²) in [5, 5.41) is 24.9. The lowest BCUT2D eigenvalue weighted by molar-refractivity contribution is -0.385. The van der Waals surface area contributed by atoms with Crippen LogP contribution < -0.4 is 0 Å². The summed E-state index contributed by atoms with van der Waals surface area (Å²) in [6.07, 6.45) is 5.87. The third-order valence-corrected chi connectivity index (χ3v) is 4.89. The number of aliphatic hydroxyl groups excluding tert-OH is 1. The molecule has 1 aromatic rings. The molecule has 0 bridgehead atoms. The van der Waals surface area contributed by atoms with Crippen LogP contribution >= 0.6 is 0 Å². The minimum absolute atomic E-state index is 0.0505. The topological polar surface area (TPSA) is 93.7 Å². The average Bonchev–Trinajstić information content (AvgIpc) is 2.78. The lowest BCUT2D eigenvalue weighted by atomic mass is 9.76. The van der Waals surface area contributed by atoms with Gasteiger partial charge >= 0.3 is 5.69 Å². The molecule has 1 N–H and O–H groups in total. The van der Waals surface area contributed by atoms with Gasteiger partial charge < -0.3 is 9.84 Å². The monoisotopic (exact) mass is 324 g/mol. The highest BCUT2D eigenvalue weighted by Gasteiger charge is 2.31. The zero-order valence-electron chi connectivity index (χ0n) is 13.2. The van der Waals surface area contributed by atoms with Gasteiger partial charge in [0.15, 0.2) is 0 Å². The molecule has 0 aromatic carbocycles. The van der Waals surface area contributed by atoms with Gasteiger partial charge in [0, 0.05) is 19.6 Å². The second-order valence-electron chi connectivity index (χ2n) is 6.62. The molecule has 1 aliphatic heterocycles. The Morgan fingerprint density at radius 1 is 1.43 bits per heavy atom. The summed E-state index contributed by atoms with van der Waals surface area (Å²) in [6.45, 7) is 4.10. The van der Waals surface area contributed by atoms with Gasteiger partial charge in [-0.2, -0.15) is 5.10 Å². The molecule has 128 valence electrons. The zero-order valence-corrected chi connectivity index (χ0v) is 13.2. The van der Waals surface area contributed by atoms with Crippen molar-refractivity contribution in [3.63, 3.8) is 0 Å². The summed E-state index contributed by atoms with van der Waals surface area (Å²) < 4.78 is 7.14. The summed E-state index contributed by atoms with van der Waals surface area (Å²) in [7, 11) is 0. The molecule has 2 aliphatic rings. The highest BCUT2D eigenvalue weighted by molar-refractivity contribution is 5.20. The molecule has 0 spiro atoms. The molecule has 8 heteroatoms. The minimum Gasteiger partial charge on any atom is -0.390 e. The van der Waals surface area contributed by atoms with Crippen LogP contribution in [-0.4, -0.2) is 63.7 Å². The van der Waals surface area contributed by atoms with Crippen molar-refractivity contribution in [3.05, 3.63) is 22.5 Å². The fourth-order valence-corrected chi connectivity index (χ4v) is 3.38. The molecule has 2 unspecified atom stereocenters. The van der Waals surface area contributed by atoms with E-state index < -0.39 is 11.0 Å². The third kappa shape index (κ3) is 4.27. The van der Waals surface area contributed by atoms with E-state index in [0.717, 1.165) is 25.6 Å². The molecule has 1 aromatic heterocycles. The quantitative estimate of drug-likeness (QED) is 0.617. The van der Waals surface area contributed by atoms with Crippen molar-refractivity contribution in [3.8, 4) is 0 Å². The van der Waals surface area contributed by atoms with E-state index in [9.17, 15) is 15.2 Å². The van der Waals surface area contributed by atoms with Gasteiger partial charge in [0.1, 0.15) is 12.4 Å². The Morgan fingerprint density at radius 2 is 2.26 bits per heavy atom. The third-order valence-electron chi connectivity index (χ3n) is 4.89. The smallest absolute Gasteiger partial charge is 0.306 e. The molecule has 0 radical (unpaired) electrons. The van der Waals surface area contributed by atoms with Gasteiger partial charge in [-0.3, -0.25) is 19.7 Å². The number of nitro groups is 1. The molecular formula is C15H24N4O4. The number of rotatable bonds is 6. The Labute approximate surface area is 135 Å². The average molecular weight is 324 g/mol. The first kappa shape index (κ1) is 16.4. The Hall–Kier alpha value is -1.51. The van der Waals surface area contributed by atoms with E-state index in [-0.39, 0.29) is 12.2 Å². The minimum atomic E-state index is -0.602. The van der Waals surface area contributed by atoms with Gasteiger partial charge in [-0.15, -0.1) is 0 Å². The lowest BCUT2D eigenvalue weighted by Gasteiger charge is -2.35. The van der Waals surface area contributed by atoms with Crippen LogP contribution in [-0.2, 0) is 11.3 Å². The van der Waals surface area contributed by atoms with E-state index in [4.69, 9.17) is 4.74 Å². The maximum absolute atomic E-state index is 10.7. The van der Waals surface area contributed by atoms with Gasteiger partial charge in [0.05, 0.1) is 30.8 Å². The van der Waals surface area contributed by atoms with Crippen molar-refractivity contribution in [2.75, 3.05) is 32.8 Å². The highest BCUT2D eigenvalue weighted by Crippen LogP contribution is 2.34. The maximum atomic E-state index is 10.7. The summed E-state index contributed by atoms with van der Waals surface area (Å²) in [5.74, 6) is 1.32. The number of hydrogen-bond acceptors (Lipinski definition) is 6. The van der Waals surface area contributed by atoms with Crippen LogP contribution in [0.5, 0.6) is 0 Å². The number of aliphatic hydroxyl groups is 1. The largest absolute Gasteiger partial charge is 0.390 e. The molecule has 1 aliphatic carbocycles. The van der Waals surface area contributed by atoms with Crippen LogP contribution in [0.4, 0.5) is 5.69 Å². The molecule has 2 atom stereocenters. The zero-order chi connectivity index (χ0) is 16.2. The van der Waals surface area contributed by atoms with Crippen LogP contribution in [0.15, 0.2) is 12.4 Å². The molecule has 8 nitrogen and oxygen atoms in total. The summed E-state index contributed by atoms with van der Waals surface area (Å²) in [4.78, 5) is 12.4. The van der Waals surface area contributed by atoms with Gasteiger partial charge in [-0.1, -0.05) is 19.3 Å². The van der Waals surface area contributed by atoms with Crippen LogP contribution in [0, 0.1) is 22.0 Å². The molecular weight excluding hydrogens is 300 g/mol. The molecule has 0 amide bonds. The second-order valence-corrected chi connectivity index (χ2v) is 6.62. The number of aromatic nitrogens is 2. The molecule has 2 heterocycles. The second kappa shape index (κ2) is 7.37. The fourth-order valence-electron chi connectivity index (χ4n) is 3.38. The van der Waals surface area contributed by atoms with Crippen molar-refractivity contribution < 1.29 is 14.8 Å². The first-order valence-corrected chi connectivity index (χ1v) is 8.27. The van der Waals surface area contributed by atoms with Crippen LogP contribution in [0.3, 0.4) is 0 Å². The normalized spacial score (nSPS) is 24.8. The molecule has 1 saturated heterocycles. The van der Waals surface area contributed by atoms with Crippen LogP contribution in [0.2, 0.25) is 0 Å². The van der Waals surface area contributed by atoms with Gasteiger partial charge in [-0.05, 0) is 11.8 Å². The summed E-state index contributed by atoms with van der Waals surface area (Å²) >= 11 is 0. The molecule has 2 fully saturated rings. The first-order valence-electron chi connectivity index (χ1n) is 8.27. The van der Waals surface area contributed by atoms with Gasteiger partial charge in [0.2, 0.25) is 0 Å². The predicted octanol–water partition coefficient (Wildman–Crippen LogP) is 0.901.